The van der Waals surface area contributed by atoms with Crippen LogP contribution in [0, 0.1) is 0 Å². The molecular weight excluding hydrogens is 296 g/mol. The van der Waals surface area contributed by atoms with E-state index in [0.29, 0.717) is 5.82 Å². The fourth-order valence-corrected chi connectivity index (χ4v) is 2.83. The summed E-state index contributed by atoms with van der Waals surface area (Å²) in [6, 6.07) is 5.15. The van der Waals surface area contributed by atoms with Crippen LogP contribution in [0.4, 0.5) is 0 Å². The van der Waals surface area contributed by atoms with Gasteiger partial charge >= 0.3 is 5.97 Å². The van der Waals surface area contributed by atoms with Crippen LogP contribution in [0.2, 0.25) is 0 Å². The minimum absolute atomic E-state index is 0.0144. The van der Waals surface area contributed by atoms with Crippen LogP contribution in [0.1, 0.15) is 41.8 Å². The number of sulfone groups is 1. The lowest BCUT2D eigenvalue weighted by Gasteiger charge is -2.02. The number of rotatable bonds is 5. The fourth-order valence-electron chi connectivity index (χ4n) is 1.63. The lowest BCUT2D eigenvalue weighted by Crippen LogP contribution is -2.07. The van der Waals surface area contributed by atoms with E-state index in [1.807, 2.05) is 13.8 Å². The summed E-state index contributed by atoms with van der Waals surface area (Å²) in [6.07, 6.45) is 0. The first kappa shape index (κ1) is 15.2. The highest BCUT2D eigenvalue weighted by atomic mass is 32.2. The zero-order valence-electron chi connectivity index (χ0n) is 11.5. The summed E-state index contributed by atoms with van der Waals surface area (Å²) in [6.45, 7) is 3.72. The van der Waals surface area contributed by atoms with E-state index >= 15 is 0 Å². The molecule has 0 fully saturated rings. The van der Waals surface area contributed by atoms with Gasteiger partial charge in [-0.15, -0.1) is 0 Å². The second-order valence-corrected chi connectivity index (χ2v) is 6.78. The summed E-state index contributed by atoms with van der Waals surface area (Å²) in [5.41, 5.74) is -0.0931. The number of carbonyl (C=O) groups is 1. The first-order valence-corrected chi connectivity index (χ1v) is 7.83. The molecule has 2 rings (SSSR count). The average molecular weight is 310 g/mol. The molecule has 8 heteroatoms. The molecule has 1 heterocycles. The molecule has 0 saturated carbocycles. The molecule has 0 spiro atoms. The highest BCUT2D eigenvalue weighted by Crippen LogP contribution is 2.18. The highest BCUT2D eigenvalue weighted by Gasteiger charge is 2.21. The van der Waals surface area contributed by atoms with Gasteiger partial charge in [-0.25, -0.2) is 13.2 Å². The minimum Gasteiger partial charge on any atom is -0.478 e. The van der Waals surface area contributed by atoms with Crippen LogP contribution in [-0.2, 0) is 15.6 Å². The van der Waals surface area contributed by atoms with Crippen LogP contribution < -0.4 is 0 Å². The minimum atomic E-state index is -3.74. The van der Waals surface area contributed by atoms with E-state index in [-0.39, 0.29) is 22.3 Å². The molecule has 2 aromatic rings. The second kappa shape index (κ2) is 5.65. The normalized spacial score (nSPS) is 11.8. The summed E-state index contributed by atoms with van der Waals surface area (Å²) in [4.78, 5) is 14.8. The van der Waals surface area contributed by atoms with Crippen LogP contribution >= 0.6 is 0 Å². The van der Waals surface area contributed by atoms with E-state index in [9.17, 15) is 13.2 Å². The van der Waals surface area contributed by atoms with E-state index in [1.165, 1.54) is 18.2 Å². The van der Waals surface area contributed by atoms with Crippen LogP contribution in [-0.4, -0.2) is 29.6 Å². The van der Waals surface area contributed by atoms with Crippen molar-refractivity contribution >= 4 is 15.8 Å². The number of benzene rings is 1. The predicted octanol–water partition coefficient (Wildman–Crippen LogP) is 1.87. The molecule has 0 radical (unpaired) electrons. The number of hydrogen-bond acceptors (Lipinski definition) is 6. The summed E-state index contributed by atoms with van der Waals surface area (Å²) in [7, 11) is -3.74. The van der Waals surface area contributed by atoms with Crippen molar-refractivity contribution in [2.45, 2.75) is 30.4 Å². The fraction of sp³-hybridized carbons (Fsp3) is 0.308. The van der Waals surface area contributed by atoms with Crippen molar-refractivity contribution in [2.24, 2.45) is 0 Å². The third-order valence-corrected chi connectivity index (χ3v) is 4.35. The Morgan fingerprint density at radius 3 is 2.67 bits per heavy atom. The lowest BCUT2D eigenvalue weighted by molar-refractivity contribution is 0.0696. The van der Waals surface area contributed by atoms with Crippen LogP contribution in [0.3, 0.4) is 0 Å². The van der Waals surface area contributed by atoms with Crippen LogP contribution in [0.5, 0.6) is 0 Å². The third kappa shape index (κ3) is 3.46. The molecule has 0 aliphatic carbocycles. The third-order valence-electron chi connectivity index (χ3n) is 2.75. The molecule has 21 heavy (non-hydrogen) atoms. The van der Waals surface area contributed by atoms with E-state index in [0.717, 1.165) is 6.07 Å². The average Bonchev–Trinajstić information content (AvgIpc) is 2.87. The molecule has 0 unspecified atom stereocenters. The molecule has 0 amide bonds. The van der Waals surface area contributed by atoms with Crippen molar-refractivity contribution in [3.63, 3.8) is 0 Å². The van der Waals surface area contributed by atoms with Crippen molar-refractivity contribution < 1.29 is 22.8 Å². The number of hydrogen-bond donors (Lipinski definition) is 1. The van der Waals surface area contributed by atoms with Crippen molar-refractivity contribution in [3.05, 3.63) is 41.5 Å². The van der Waals surface area contributed by atoms with Gasteiger partial charge in [0.1, 0.15) is 5.75 Å². The van der Waals surface area contributed by atoms with Crippen LogP contribution in [0.25, 0.3) is 0 Å². The SMILES string of the molecule is CC(C)c1noc(CS(=O)(=O)c2cccc(C(=O)O)c2)n1. The molecule has 7 nitrogen and oxygen atoms in total. The quantitative estimate of drug-likeness (QED) is 0.897. The van der Waals surface area contributed by atoms with Crippen molar-refractivity contribution in [2.75, 3.05) is 0 Å². The molecule has 1 aromatic heterocycles. The summed E-state index contributed by atoms with van der Waals surface area (Å²) < 4.78 is 29.4. The maximum Gasteiger partial charge on any atom is 0.335 e. The van der Waals surface area contributed by atoms with E-state index in [4.69, 9.17) is 9.63 Å². The molecule has 0 aliphatic heterocycles. The Labute approximate surface area is 121 Å². The van der Waals surface area contributed by atoms with E-state index in [1.54, 1.807) is 0 Å². The molecule has 0 saturated heterocycles. The van der Waals surface area contributed by atoms with Gasteiger partial charge in [0.15, 0.2) is 15.7 Å². The van der Waals surface area contributed by atoms with Gasteiger partial charge in [0.25, 0.3) is 0 Å². The van der Waals surface area contributed by atoms with Gasteiger partial charge < -0.3 is 9.63 Å². The number of nitrogens with zero attached hydrogens (tertiary/aromatic N) is 2. The van der Waals surface area contributed by atoms with Gasteiger partial charge in [0.2, 0.25) is 5.89 Å². The topological polar surface area (TPSA) is 110 Å². The largest absolute Gasteiger partial charge is 0.478 e. The number of carboxylic acid groups (broad SMARTS) is 1. The van der Waals surface area contributed by atoms with Gasteiger partial charge in [-0.2, -0.15) is 4.98 Å². The standard InChI is InChI=1S/C13H14N2O5S/c1-8(2)12-14-11(20-15-12)7-21(18,19)10-5-3-4-9(6-10)13(16)17/h3-6,8H,7H2,1-2H3,(H,16,17). The number of aromatic carboxylic acids is 1. The van der Waals surface area contributed by atoms with Gasteiger partial charge in [0.05, 0.1) is 10.5 Å². The molecule has 112 valence electrons. The molecule has 0 bridgehead atoms. The van der Waals surface area contributed by atoms with E-state index < -0.39 is 21.6 Å². The van der Waals surface area contributed by atoms with Gasteiger partial charge in [-0.3, -0.25) is 0 Å². The molecule has 1 aromatic carbocycles. The summed E-state index contributed by atoms with van der Waals surface area (Å²) in [5.74, 6) is -1.21. The Balaban J connectivity index is 2.29. The molecular formula is C13H14N2O5S. The summed E-state index contributed by atoms with van der Waals surface area (Å²) in [5, 5.41) is 12.6. The highest BCUT2D eigenvalue weighted by molar-refractivity contribution is 7.90. The van der Waals surface area contributed by atoms with Crippen molar-refractivity contribution in [1.82, 2.24) is 10.1 Å². The Hall–Kier alpha value is -2.22. The zero-order valence-corrected chi connectivity index (χ0v) is 12.3. The zero-order chi connectivity index (χ0) is 15.6. The monoisotopic (exact) mass is 310 g/mol. The van der Waals surface area contributed by atoms with Gasteiger partial charge in [-0.05, 0) is 18.2 Å². The Morgan fingerprint density at radius 1 is 1.38 bits per heavy atom. The number of aromatic nitrogens is 2. The Bertz CT molecular complexity index is 764. The van der Waals surface area contributed by atoms with Crippen molar-refractivity contribution in [1.29, 1.82) is 0 Å². The Kier molecular flexibility index (Phi) is 4.08. The first-order chi connectivity index (χ1) is 9.79. The predicted molar refractivity (Wildman–Crippen MR) is 72.7 cm³/mol. The smallest absolute Gasteiger partial charge is 0.335 e. The van der Waals surface area contributed by atoms with Crippen LogP contribution in [0.15, 0.2) is 33.7 Å². The molecule has 0 aliphatic rings. The van der Waals surface area contributed by atoms with E-state index in [2.05, 4.69) is 10.1 Å². The summed E-state index contributed by atoms with van der Waals surface area (Å²) >= 11 is 0. The first-order valence-electron chi connectivity index (χ1n) is 6.18. The van der Waals surface area contributed by atoms with Crippen molar-refractivity contribution in [3.8, 4) is 0 Å². The lowest BCUT2D eigenvalue weighted by atomic mass is 10.2. The maximum absolute atomic E-state index is 12.2. The van der Waals surface area contributed by atoms with Gasteiger partial charge in [-0.1, -0.05) is 25.1 Å². The molecule has 1 N–H and O–H groups in total. The Morgan fingerprint density at radius 2 is 2.10 bits per heavy atom. The molecule has 0 atom stereocenters. The maximum atomic E-state index is 12.2. The number of carboxylic acids is 1. The van der Waals surface area contributed by atoms with Gasteiger partial charge in [0, 0.05) is 5.92 Å². The second-order valence-electron chi connectivity index (χ2n) is 4.79.